The highest BCUT2D eigenvalue weighted by Gasteiger charge is 2.10. The number of hydrogen-bond acceptors (Lipinski definition) is 3. The molecule has 5 heteroatoms. The van der Waals surface area contributed by atoms with Crippen LogP contribution in [0, 0.1) is 13.8 Å². The molecule has 1 aromatic carbocycles. The first-order chi connectivity index (χ1) is 9.95. The van der Waals surface area contributed by atoms with Crippen molar-refractivity contribution in [3.63, 3.8) is 0 Å². The summed E-state index contributed by atoms with van der Waals surface area (Å²) in [6.45, 7) is 9.75. The molecule has 0 spiro atoms. The minimum absolute atomic E-state index is 0.277. The molecule has 0 bridgehead atoms. The van der Waals surface area contributed by atoms with Crippen LogP contribution in [0.1, 0.15) is 24.5 Å². The van der Waals surface area contributed by atoms with Crippen molar-refractivity contribution in [2.24, 2.45) is 0 Å². The number of carbonyl (C=O) groups is 1. The Labute approximate surface area is 135 Å². The van der Waals surface area contributed by atoms with Gasteiger partial charge >= 0.3 is 0 Å². The Hall–Kier alpha value is -1.59. The largest absolute Gasteiger partial charge is 0.332 e. The molecule has 3 nitrogen and oxygen atoms in total. The van der Waals surface area contributed by atoms with Gasteiger partial charge in [0.15, 0.2) is 5.11 Å². The van der Waals surface area contributed by atoms with Crippen LogP contribution in [0.4, 0.5) is 5.69 Å². The van der Waals surface area contributed by atoms with Crippen LogP contribution in [0.3, 0.4) is 0 Å². The van der Waals surface area contributed by atoms with E-state index in [0.717, 1.165) is 23.2 Å². The van der Waals surface area contributed by atoms with Crippen molar-refractivity contribution < 1.29 is 4.79 Å². The van der Waals surface area contributed by atoms with Gasteiger partial charge in [0, 0.05) is 5.69 Å². The number of thioether (sulfide) groups is 1. The zero-order chi connectivity index (χ0) is 15.8. The average Bonchev–Trinajstić information content (AvgIpc) is 2.43. The maximum absolute atomic E-state index is 11.9. The molecule has 2 N–H and O–H groups in total. The zero-order valence-electron chi connectivity index (χ0n) is 12.5. The summed E-state index contributed by atoms with van der Waals surface area (Å²) in [6, 6.07) is 5.96. The fraction of sp³-hybridized carbons (Fsp3) is 0.250. The molecule has 0 aromatic heterocycles. The summed E-state index contributed by atoms with van der Waals surface area (Å²) < 4.78 is 0. The first-order valence-corrected chi connectivity index (χ1v) is 7.93. The Kier molecular flexibility index (Phi) is 7.19. The summed E-state index contributed by atoms with van der Waals surface area (Å²) in [5.74, 6) is -0.288. The van der Waals surface area contributed by atoms with Crippen molar-refractivity contribution in [1.29, 1.82) is 0 Å². The van der Waals surface area contributed by atoms with Gasteiger partial charge in [0.2, 0.25) is 0 Å². The Morgan fingerprint density at radius 1 is 1.38 bits per heavy atom. The molecule has 1 aromatic rings. The van der Waals surface area contributed by atoms with E-state index in [1.54, 1.807) is 0 Å². The van der Waals surface area contributed by atoms with Crippen LogP contribution in [-0.2, 0) is 4.79 Å². The third-order valence-corrected chi connectivity index (χ3v) is 3.74. The molecule has 21 heavy (non-hydrogen) atoms. The summed E-state index contributed by atoms with van der Waals surface area (Å²) in [4.78, 5) is 12.3. The van der Waals surface area contributed by atoms with Crippen LogP contribution in [0.15, 0.2) is 41.2 Å². The van der Waals surface area contributed by atoms with Gasteiger partial charge in [-0.2, -0.15) is 0 Å². The highest BCUT2D eigenvalue weighted by molar-refractivity contribution is 8.06. The quantitative estimate of drug-likeness (QED) is 0.627. The van der Waals surface area contributed by atoms with Crippen LogP contribution in [0.25, 0.3) is 0 Å². The molecule has 0 fully saturated rings. The minimum atomic E-state index is -0.288. The lowest BCUT2D eigenvalue weighted by Crippen LogP contribution is -2.34. The number of para-hydroxylation sites is 1. The molecule has 0 saturated carbocycles. The number of carbonyl (C=O) groups excluding carboxylic acids is 1. The molecule has 112 valence electrons. The topological polar surface area (TPSA) is 41.1 Å². The molecule has 0 aliphatic rings. The summed E-state index contributed by atoms with van der Waals surface area (Å²) >= 11 is 6.46. The van der Waals surface area contributed by atoms with E-state index in [0.29, 0.717) is 4.91 Å². The summed E-state index contributed by atoms with van der Waals surface area (Å²) in [5.41, 5.74) is 3.07. The van der Waals surface area contributed by atoms with Gasteiger partial charge in [0.05, 0.1) is 4.91 Å². The van der Waals surface area contributed by atoms with Crippen LogP contribution in [0.2, 0.25) is 0 Å². The van der Waals surface area contributed by atoms with Crippen molar-refractivity contribution in [3.05, 3.63) is 52.3 Å². The van der Waals surface area contributed by atoms with Gasteiger partial charge in [-0.05, 0) is 49.0 Å². The van der Waals surface area contributed by atoms with E-state index in [-0.39, 0.29) is 11.0 Å². The average molecular weight is 320 g/mol. The fourth-order valence-corrected chi connectivity index (χ4v) is 2.41. The number of aryl methyl sites for hydroxylation is 2. The van der Waals surface area contributed by atoms with E-state index in [1.807, 2.05) is 50.5 Å². The third-order valence-electron chi connectivity index (χ3n) is 2.74. The molecule has 0 atom stereocenters. The van der Waals surface area contributed by atoms with Gasteiger partial charge in [-0.25, -0.2) is 0 Å². The molecular formula is C16H20N2OS2. The second kappa shape index (κ2) is 8.64. The van der Waals surface area contributed by atoms with Crippen molar-refractivity contribution in [1.82, 2.24) is 5.32 Å². The number of benzene rings is 1. The molecule has 0 aliphatic carbocycles. The summed E-state index contributed by atoms with van der Waals surface area (Å²) in [6.07, 6.45) is 2.89. The van der Waals surface area contributed by atoms with Crippen LogP contribution < -0.4 is 10.6 Å². The van der Waals surface area contributed by atoms with Gasteiger partial charge in [0.25, 0.3) is 5.91 Å². The number of allylic oxidation sites excluding steroid dienone is 1. The Morgan fingerprint density at radius 2 is 2.00 bits per heavy atom. The molecule has 0 aliphatic heterocycles. The molecule has 1 amide bonds. The molecule has 0 radical (unpaired) electrons. The molecule has 0 saturated heterocycles. The second-order valence-corrected chi connectivity index (χ2v) is 5.91. The predicted molar refractivity (Wildman–Crippen MR) is 96.4 cm³/mol. The van der Waals surface area contributed by atoms with Crippen molar-refractivity contribution in [2.75, 3.05) is 5.32 Å². The lowest BCUT2D eigenvalue weighted by molar-refractivity contribution is -0.115. The lowest BCUT2D eigenvalue weighted by Gasteiger charge is -2.14. The van der Waals surface area contributed by atoms with E-state index < -0.39 is 0 Å². The Morgan fingerprint density at radius 3 is 2.57 bits per heavy atom. The van der Waals surface area contributed by atoms with Crippen LogP contribution in [0.5, 0.6) is 0 Å². The summed E-state index contributed by atoms with van der Waals surface area (Å²) in [5, 5.41) is 7.83. The van der Waals surface area contributed by atoms with Crippen molar-refractivity contribution in [2.45, 2.75) is 27.2 Å². The summed E-state index contributed by atoms with van der Waals surface area (Å²) in [7, 11) is 0. The number of rotatable bonds is 5. The minimum Gasteiger partial charge on any atom is -0.332 e. The molecular weight excluding hydrogens is 300 g/mol. The first-order valence-electron chi connectivity index (χ1n) is 6.64. The number of amides is 1. The first kappa shape index (κ1) is 17.5. The highest BCUT2D eigenvalue weighted by atomic mass is 32.2. The van der Waals surface area contributed by atoms with Gasteiger partial charge in [0.1, 0.15) is 0 Å². The zero-order valence-corrected chi connectivity index (χ0v) is 14.2. The monoisotopic (exact) mass is 320 g/mol. The van der Waals surface area contributed by atoms with E-state index in [9.17, 15) is 4.79 Å². The van der Waals surface area contributed by atoms with Gasteiger partial charge in [-0.15, -0.1) is 0 Å². The molecule has 1 rings (SSSR count). The van der Waals surface area contributed by atoms with E-state index in [1.165, 1.54) is 11.8 Å². The van der Waals surface area contributed by atoms with Crippen molar-refractivity contribution in [3.8, 4) is 0 Å². The SMILES string of the molecule is C=C(S/C=C\CC)C(=O)NC(=S)Nc1c(C)cccc1C. The van der Waals surface area contributed by atoms with E-state index in [2.05, 4.69) is 17.2 Å². The normalized spacial score (nSPS) is 10.4. The van der Waals surface area contributed by atoms with Gasteiger partial charge in [-0.3, -0.25) is 10.1 Å². The van der Waals surface area contributed by atoms with Gasteiger partial charge < -0.3 is 5.32 Å². The maximum Gasteiger partial charge on any atom is 0.263 e. The third kappa shape index (κ3) is 5.73. The standard InChI is InChI=1S/C16H20N2OS2/c1-5-6-10-21-13(4)15(19)18-16(20)17-14-11(2)8-7-9-12(14)3/h6-10H,4-5H2,1-3H3,(H2,17,18,19,20)/b10-6-. The molecule has 0 unspecified atom stereocenters. The van der Waals surface area contributed by atoms with Crippen LogP contribution in [-0.4, -0.2) is 11.0 Å². The smallest absolute Gasteiger partial charge is 0.263 e. The highest BCUT2D eigenvalue weighted by Crippen LogP contribution is 2.19. The number of anilines is 1. The van der Waals surface area contributed by atoms with E-state index in [4.69, 9.17) is 12.2 Å². The second-order valence-electron chi connectivity index (χ2n) is 4.50. The predicted octanol–water partition coefficient (Wildman–Crippen LogP) is 4.29. The fourth-order valence-electron chi connectivity index (χ4n) is 1.61. The Bertz CT molecular complexity index is 559. The number of thiocarbonyl (C=S) groups is 1. The lowest BCUT2D eigenvalue weighted by atomic mass is 10.1. The molecule has 0 heterocycles. The van der Waals surface area contributed by atoms with Crippen molar-refractivity contribution >= 4 is 40.7 Å². The maximum atomic E-state index is 11.9. The van der Waals surface area contributed by atoms with Crippen LogP contribution >= 0.6 is 24.0 Å². The van der Waals surface area contributed by atoms with E-state index >= 15 is 0 Å². The number of hydrogen-bond donors (Lipinski definition) is 2. The number of nitrogens with one attached hydrogen (secondary N) is 2. The Balaban J connectivity index is 2.59. The van der Waals surface area contributed by atoms with Gasteiger partial charge in [-0.1, -0.05) is 49.5 Å².